The van der Waals surface area contributed by atoms with Gasteiger partial charge in [0.25, 0.3) is 5.91 Å². The van der Waals surface area contributed by atoms with Gasteiger partial charge in [0.05, 0.1) is 11.8 Å². The number of anilines is 1. The molecule has 1 atom stereocenters. The molecule has 1 aliphatic heterocycles. The van der Waals surface area contributed by atoms with Gasteiger partial charge in [-0.05, 0) is 77.5 Å². The molecule has 2 aromatic rings. The van der Waals surface area contributed by atoms with E-state index in [1.807, 2.05) is 24.3 Å². The van der Waals surface area contributed by atoms with Crippen molar-refractivity contribution in [1.29, 1.82) is 0 Å². The molecular formula is C21H24BrN3O. The Balaban J connectivity index is 1.76. The largest absolute Gasteiger partial charge is 0.369 e. The van der Waals surface area contributed by atoms with E-state index in [2.05, 4.69) is 71.3 Å². The van der Waals surface area contributed by atoms with Crippen LogP contribution in [0.25, 0.3) is 0 Å². The molecule has 5 heteroatoms. The molecule has 136 valence electrons. The van der Waals surface area contributed by atoms with Gasteiger partial charge >= 0.3 is 0 Å². The molecule has 0 saturated carbocycles. The number of benzene rings is 2. The van der Waals surface area contributed by atoms with Crippen LogP contribution in [0.15, 0.2) is 52.0 Å². The number of fused-ring (bicyclic) bond motifs is 1. The number of rotatable bonds is 3. The molecule has 2 aromatic carbocycles. The summed E-state index contributed by atoms with van der Waals surface area (Å²) in [5.41, 5.74) is 6.88. The third-order valence-electron chi connectivity index (χ3n) is 5.16. The van der Waals surface area contributed by atoms with Gasteiger partial charge in [0.2, 0.25) is 0 Å². The summed E-state index contributed by atoms with van der Waals surface area (Å²) in [4.78, 5) is 14.5. The van der Waals surface area contributed by atoms with Crippen LogP contribution in [0, 0.1) is 0 Å². The molecule has 26 heavy (non-hydrogen) atoms. The number of halogens is 1. The fourth-order valence-corrected chi connectivity index (χ4v) is 4.01. The smallest absolute Gasteiger partial charge is 0.272 e. The predicted octanol–water partition coefficient (Wildman–Crippen LogP) is 4.94. The van der Waals surface area contributed by atoms with Crippen molar-refractivity contribution in [2.24, 2.45) is 5.10 Å². The van der Waals surface area contributed by atoms with E-state index in [0.717, 1.165) is 16.5 Å². The van der Waals surface area contributed by atoms with Gasteiger partial charge in [-0.2, -0.15) is 5.10 Å². The summed E-state index contributed by atoms with van der Waals surface area (Å²) < 4.78 is 0.751. The molecule has 0 aliphatic carbocycles. The zero-order valence-corrected chi connectivity index (χ0v) is 17.2. The van der Waals surface area contributed by atoms with E-state index in [1.165, 1.54) is 11.3 Å². The molecule has 0 spiro atoms. The van der Waals surface area contributed by atoms with Gasteiger partial charge in [0, 0.05) is 22.7 Å². The Morgan fingerprint density at radius 2 is 2.04 bits per heavy atom. The Kier molecular flexibility index (Phi) is 5.19. The fraction of sp³-hybridized carbons (Fsp3) is 0.333. The zero-order valence-electron chi connectivity index (χ0n) is 15.6. The van der Waals surface area contributed by atoms with Crippen LogP contribution in [0.2, 0.25) is 0 Å². The van der Waals surface area contributed by atoms with Crippen LogP contribution in [-0.4, -0.2) is 24.7 Å². The van der Waals surface area contributed by atoms with Gasteiger partial charge in [-0.25, -0.2) is 5.43 Å². The minimum absolute atomic E-state index is 0.152. The Morgan fingerprint density at radius 1 is 1.31 bits per heavy atom. The Morgan fingerprint density at radius 3 is 2.77 bits per heavy atom. The molecular weight excluding hydrogens is 390 g/mol. The number of hydrazone groups is 1. The lowest BCUT2D eigenvalue weighted by atomic mass is 9.80. The van der Waals surface area contributed by atoms with Crippen LogP contribution < -0.4 is 10.3 Å². The van der Waals surface area contributed by atoms with E-state index >= 15 is 0 Å². The van der Waals surface area contributed by atoms with Gasteiger partial charge < -0.3 is 4.90 Å². The van der Waals surface area contributed by atoms with Crippen LogP contribution in [0.4, 0.5) is 5.69 Å². The van der Waals surface area contributed by atoms with Crippen molar-refractivity contribution in [3.63, 3.8) is 0 Å². The summed E-state index contributed by atoms with van der Waals surface area (Å²) >= 11 is 3.38. The molecule has 0 bridgehead atoms. The summed E-state index contributed by atoms with van der Waals surface area (Å²) in [6.45, 7) is 6.82. The highest BCUT2D eigenvalue weighted by Gasteiger charge is 2.33. The number of carbonyl (C=O) groups is 1. The van der Waals surface area contributed by atoms with Gasteiger partial charge in [-0.1, -0.05) is 25.1 Å². The molecule has 0 unspecified atom stereocenters. The molecule has 0 radical (unpaired) electrons. The van der Waals surface area contributed by atoms with Crippen molar-refractivity contribution in [3.8, 4) is 0 Å². The molecule has 0 saturated heterocycles. The molecule has 3 rings (SSSR count). The zero-order chi connectivity index (χ0) is 18.9. The van der Waals surface area contributed by atoms with Crippen LogP contribution in [-0.2, 0) is 0 Å². The molecule has 1 heterocycles. The van der Waals surface area contributed by atoms with Crippen LogP contribution >= 0.6 is 15.9 Å². The van der Waals surface area contributed by atoms with Gasteiger partial charge in [-0.3, -0.25) is 4.79 Å². The third kappa shape index (κ3) is 3.68. The summed E-state index contributed by atoms with van der Waals surface area (Å²) in [5, 5.41) is 4.12. The lowest BCUT2D eigenvalue weighted by molar-refractivity contribution is 0.0954. The highest BCUT2D eigenvalue weighted by atomic mass is 79.9. The third-order valence-corrected chi connectivity index (χ3v) is 5.85. The lowest BCUT2D eigenvalue weighted by Gasteiger charge is -2.45. The molecule has 1 amide bonds. The number of amides is 1. The van der Waals surface area contributed by atoms with Crippen LogP contribution in [0.1, 0.15) is 54.6 Å². The first-order valence-corrected chi connectivity index (χ1v) is 9.54. The quantitative estimate of drug-likeness (QED) is 0.572. The summed E-state index contributed by atoms with van der Waals surface area (Å²) in [6.07, 6.45) is 2.80. The first-order valence-electron chi connectivity index (χ1n) is 8.75. The number of carbonyl (C=O) groups excluding carboxylic acids is 1. The van der Waals surface area contributed by atoms with Crippen molar-refractivity contribution in [3.05, 3.63) is 63.6 Å². The summed E-state index contributed by atoms with van der Waals surface area (Å²) in [7, 11) is 2.15. The van der Waals surface area contributed by atoms with Crippen LogP contribution in [0.5, 0.6) is 0 Å². The van der Waals surface area contributed by atoms with E-state index in [0.29, 0.717) is 11.5 Å². The van der Waals surface area contributed by atoms with Crippen LogP contribution in [0.3, 0.4) is 0 Å². The van der Waals surface area contributed by atoms with E-state index in [9.17, 15) is 4.79 Å². The highest BCUT2D eigenvalue weighted by molar-refractivity contribution is 9.10. The van der Waals surface area contributed by atoms with E-state index in [1.54, 1.807) is 12.3 Å². The standard InChI is InChI=1S/C21H24BrN3O/c1-14-12-21(2,3)25(4)19-10-9-15(11-17(14)19)13-23-24-20(26)16-7-5-6-8-18(16)22/h5-11,13-14H,12H2,1-4H3,(H,24,26)/b23-13-/t14-/m0/s1. The average molecular weight is 414 g/mol. The molecule has 0 aromatic heterocycles. The topological polar surface area (TPSA) is 44.7 Å². The van der Waals surface area contributed by atoms with Crippen molar-refractivity contribution in [2.45, 2.75) is 38.6 Å². The first kappa shape index (κ1) is 18.6. The van der Waals surface area contributed by atoms with Crippen molar-refractivity contribution >= 4 is 33.7 Å². The van der Waals surface area contributed by atoms with Crippen molar-refractivity contribution in [2.75, 3.05) is 11.9 Å². The minimum atomic E-state index is -0.235. The molecule has 1 aliphatic rings. The monoisotopic (exact) mass is 413 g/mol. The van der Waals surface area contributed by atoms with Gasteiger partial charge in [-0.15, -0.1) is 0 Å². The molecule has 4 nitrogen and oxygen atoms in total. The highest BCUT2D eigenvalue weighted by Crippen LogP contribution is 2.42. The second kappa shape index (κ2) is 7.23. The Hall–Kier alpha value is -2.14. The van der Waals surface area contributed by atoms with Crippen molar-refractivity contribution in [1.82, 2.24) is 5.43 Å². The van der Waals surface area contributed by atoms with E-state index in [4.69, 9.17) is 0 Å². The Bertz CT molecular complexity index is 860. The van der Waals surface area contributed by atoms with E-state index < -0.39 is 0 Å². The maximum absolute atomic E-state index is 12.2. The second-order valence-electron chi connectivity index (χ2n) is 7.47. The van der Waals surface area contributed by atoms with E-state index in [-0.39, 0.29) is 11.4 Å². The summed E-state index contributed by atoms with van der Waals surface area (Å²) in [6, 6.07) is 13.6. The number of nitrogens with one attached hydrogen (secondary N) is 1. The Labute approximate surface area is 163 Å². The molecule has 0 fully saturated rings. The summed E-state index contributed by atoms with van der Waals surface area (Å²) in [5.74, 6) is 0.251. The first-order chi connectivity index (χ1) is 12.3. The second-order valence-corrected chi connectivity index (χ2v) is 8.33. The fourth-order valence-electron chi connectivity index (χ4n) is 3.55. The predicted molar refractivity (Wildman–Crippen MR) is 111 cm³/mol. The number of hydrogen-bond acceptors (Lipinski definition) is 3. The average Bonchev–Trinajstić information content (AvgIpc) is 2.60. The maximum atomic E-state index is 12.2. The molecule has 1 N–H and O–H groups in total. The van der Waals surface area contributed by atoms with Crippen molar-refractivity contribution < 1.29 is 4.79 Å². The van der Waals surface area contributed by atoms with Gasteiger partial charge in [0.1, 0.15) is 0 Å². The lowest BCUT2D eigenvalue weighted by Crippen LogP contribution is -2.45. The normalized spacial score (nSPS) is 18.7. The number of hydrogen-bond donors (Lipinski definition) is 1. The van der Waals surface area contributed by atoms with Gasteiger partial charge in [0.15, 0.2) is 0 Å². The number of nitrogens with zero attached hydrogens (tertiary/aromatic N) is 2. The SMILES string of the molecule is C[C@H]1CC(C)(C)N(C)c2ccc(/C=N\NC(=O)c3ccccc3Br)cc21. The maximum Gasteiger partial charge on any atom is 0.272 e. The minimum Gasteiger partial charge on any atom is -0.369 e.